The summed E-state index contributed by atoms with van der Waals surface area (Å²) in [6, 6.07) is 16.5. The van der Waals surface area contributed by atoms with Crippen molar-refractivity contribution in [3.63, 3.8) is 0 Å². The van der Waals surface area contributed by atoms with Crippen LogP contribution in [0.25, 0.3) is 5.57 Å². The number of hydrogen-bond donors (Lipinski definition) is 0. The molecule has 2 aromatic rings. The number of anilines is 1. The zero-order valence-electron chi connectivity index (χ0n) is 20.1. The predicted octanol–water partition coefficient (Wildman–Crippen LogP) is 4.79. The molecule has 1 fully saturated rings. The molecule has 0 N–H and O–H groups in total. The smallest absolute Gasteiger partial charge is 0.277 e. The van der Waals surface area contributed by atoms with Crippen molar-refractivity contribution >= 4 is 23.1 Å². The molecule has 2 heterocycles. The second-order valence-corrected chi connectivity index (χ2v) is 9.17. The van der Waals surface area contributed by atoms with Crippen LogP contribution in [0.2, 0.25) is 0 Å². The minimum absolute atomic E-state index is 0.125. The van der Waals surface area contributed by atoms with Gasteiger partial charge in [0, 0.05) is 38.4 Å². The van der Waals surface area contributed by atoms with E-state index in [0.717, 1.165) is 68.6 Å². The minimum atomic E-state index is -0.135. The Morgan fingerprint density at radius 1 is 0.788 bits per heavy atom. The van der Waals surface area contributed by atoms with Crippen molar-refractivity contribution in [3.05, 3.63) is 70.9 Å². The first kappa shape index (κ1) is 23.1. The van der Waals surface area contributed by atoms with Crippen LogP contribution >= 0.6 is 0 Å². The molecule has 1 saturated heterocycles. The van der Waals surface area contributed by atoms with Crippen molar-refractivity contribution in [3.8, 4) is 0 Å². The number of imide groups is 1. The molecule has 2 amide bonds. The van der Waals surface area contributed by atoms with Crippen molar-refractivity contribution in [1.82, 2.24) is 9.80 Å². The molecule has 2 aromatic carbocycles. The first-order valence-corrected chi connectivity index (χ1v) is 12.2. The van der Waals surface area contributed by atoms with Gasteiger partial charge in [0.05, 0.1) is 5.57 Å². The summed E-state index contributed by atoms with van der Waals surface area (Å²) in [6.07, 6.45) is 4.16. The molecule has 0 aromatic heterocycles. The van der Waals surface area contributed by atoms with Crippen LogP contribution in [-0.2, 0) is 9.59 Å². The van der Waals surface area contributed by atoms with Crippen LogP contribution in [0.3, 0.4) is 0 Å². The molecule has 0 spiro atoms. The lowest BCUT2D eigenvalue weighted by atomic mass is 9.97. The summed E-state index contributed by atoms with van der Waals surface area (Å²) in [5.41, 5.74) is 5.46. The van der Waals surface area contributed by atoms with Gasteiger partial charge in [0.25, 0.3) is 11.8 Å². The summed E-state index contributed by atoms with van der Waals surface area (Å²) in [5.74, 6) is -0.261. The summed E-state index contributed by atoms with van der Waals surface area (Å²) in [7, 11) is 0. The quantitative estimate of drug-likeness (QED) is 0.433. The molecule has 0 bridgehead atoms. The van der Waals surface area contributed by atoms with E-state index in [1.165, 1.54) is 10.6 Å². The zero-order valence-corrected chi connectivity index (χ0v) is 20.1. The Balaban J connectivity index is 1.61. The highest BCUT2D eigenvalue weighted by Gasteiger charge is 2.42. The van der Waals surface area contributed by atoms with E-state index in [-0.39, 0.29) is 11.8 Å². The van der Waals surface area contributed by atoms with Crippen LogP contribution in [0.15, 0.2) is 54.2 Å². The number of amides is 2. The summed E-state index contributed by atoms with van der Waals surface area (Å²) in [6.45, 7) is 9.84. The number of para-hydroxylation sites is 1. The molecule has 0 saturated carbocycles. The third-order valence-electron chi connectivity index (χ3n) is 6.75. The molecule has 2 aliphatic rings. The van der Waals surface area contributed by atoms with Gasteiger partial charge in [-0.15, -0.1) is 0 Å². The average molecular weight is 446 g/mol. The van der Waals surface area contributed by atoms with Crippen molar-refractivity contribution < 1.29 is 9.59 Å². The topological polar surface area (TPSA) is 43.9 Å². The Labute approximate surface area is 197 Å². The Kier molecular flexibility index (Phi) is 7.17. The van der Waals surface area contributed by atoms with Crippen LogP contribution in [0.1, 0.15) is 49.3 Å². The maximum Gasteiger partial charge on any atom is 0.277 e. The lowest BCUT2D eigenvalue weighted by molar-refractivity contribution is -0.137. The molecular weight excluding hydrogens is 410 g/mol. The third-order valence-corrected chi connectivity index (χ3v) is 6.75. The van der Waals surface area contributed by atoms with E-state index >= 15 is 0 Å². The molecule has 0 atom stereocenters. The maximum absolute atomic E-state index is 13.6. The number of piperazine rings is 1. The molecular formula is C28H35N3O2. The summed E-state index contributed by atoms with van der Waals surface area (Å²) >= 11 is 0. The average Bonchev–Trinajstić information content (AvgIpc) is 3.07. The molecule has 5 heteroatoms. The number of aryl methyl sites for hydroxylation is 2. The molecule has 0 unspecified atom stereocenters. The fraction of sp³-hybridized carbons (Fsp3) is 0.429. The van der Waals surface area contributed by atoms with Crippen LogP contribution in [0.5, 0.6) is 0 Å². The largest absolute Gasteiger partial charge is 0.368 e. The van der Waals surface area contributed by atoms with E-state index in [9.17, 15) is 9.59 Å². The van der Waals surface area contributed by atoms with E-state index in [1.54, 1.807) is 0 Å². The summed E-state index contributed by atoms with van der Waals surface area (Å²) in [5, 5.41) is 0. The Morgan fingerprint density at radius 2 is 1.48 bits per heavy atom. The van der Waals surface area contributed by atoms with E-state index in [1.807, 2.05) is 25.1 Å². The van der Waals surface area contributed by atoms with Gasteiger partial charge in [-0.25, -0.2) is 0 Å². The zero-order chi connectivity index (χ0) is 23.4. The lowest BCUT2D eigenvalue weighted by Crippen LogP contribution is -2.47. The fourth-order valence-electron chi connectivity index (χ4n) is 4.92. The van der Waals surface area contributed by atoms with E-state index in [0.29, 0.717) is 17.8 Å². The summed E-state index contributed by atoms with van der Waals surface area (Å²) in [4.78, 5) is 33.1. The first-order chi connectivity index (χ1) is 16.0. The van der Waals surface area contributed by atoms with E-state index in [2.05, 4.69) is 54.0 Å². The number of unbranched alkanes of at least 4 members (excludes halogenated alkanes) is 3. The second-order valence-electron chi connectivity index (χ2n) is 9.17. The number of rotatable bonds is 8. The molecule has 33 heavy (non-hydrogen) atoms. The van der Waals surface area contributed by atoms with Crippen molar-refractivity contribution in [2.75, 3.05) is 37.6 Å². The molecule has 2 aliphatic heterocycles. The van der Waals surface area contributed by atoms with Gasteiger partial charge < -0.3 is 9.80 Å². The van der Waals surface area contributed by atoms with Crippen LogP contribution in [-0.4, -0.2) is 54.3 Å². The Morgan fingerprint density at radius 3 is 2.15 bits per heavy atom. The number of benzene rings is 2. The molecule has 174 valence electrons. The van der Waals surface area contributed by atoms with Crippen LogP contribution in [0.4, 0.5) is 5.69 Å². The van der Waals surface area contributed by atoms with Gasteiger partial charge in [0.2, 0.25) is 0 Å². The van der Waals surface area contributed by atoms with E-state index in [4.69, 9.17) is 0 Å². The van der Waals surface area contributed by atoms with Gasteiger partial charge in [-0.3, -0.25) is 14.5 Å². The fourth-order valence-corrected chi connectivity index (χ4v) is 4.92. The monoisotopic (exact) mass is 445 g/mol. The van der Waals surface area contributed by atoms with E-state index < -0.39 is 0 Å². The molecule has 0 aliphatic carbocycles. The second kappa shape index (κ2) is 10.2. The summed E-state index contributed by atoms with van der Waals surface area (Å²) < 4.78 is 0. The van der Waals surface area contributed by atoms with Crippen LogP contribution < -0.4 is 4.90 Å². The lowest BCUT2D eigenvalue weighted by Gasteiger charge is -2.37. The first-order valence-electron chi connectivity index (χ1n) is 12.2. The molecule has 4 rings (SSSR count). The highest BCUT2D eigenvalue weighted by molar-refractivity contribution is 6.35. The maximum atomic E-state index is 13.6. The molecule has 0 radical (unpaired) electrons. The van der Waals surface area contributed by atoms with Crippen LogP contribution in [0, 0.1) is 13.8 Å². The van der Waals surface area contributed by atoms with Gasteiger partial charge in [-0.2, -0.15) is 0 Å². The standard InChI is InChI=1S/C28H35N3O2/c1-4-5-6-10-15-31-27(32)25(24-14-13-21(2)20-22(24)3)26(28(31)33)30-18-16-29(17-19-30)23-11-8-7-9-12-23/h7-9,11-14,20H,4-6,10,15-19H2,1-3H3. The van der Waals surface area contributed by atoms with Crippen molar-refractivity contribution in [2.45, 2.75) is 46.5 Å². The SMILES string of the molecule is CCCCCCN1C(=O)C(c2ccc(C)cc2C)=C(N2CCN(c3ccccc3)CC2)C1=O. The number of carbonyl (C=O) groups is 2. The van der Waals surface area contributed by atoms with Gasteiger partial charge in [-0.05, 0) is 43.5 Å². The highest BCUT2D eigenvalue weighted by atomic mass is 16.2. The van der Waals surface area contributed by atoms with Gasteiger partial charge in [-0.1, -0.05) is 68.1 Å². The van der Waals surface area contributed by atoms with Gasteiger partial charge >= 0.3 is 0 Å². The van der Waals surface area contributed by atoms with Crippen molar-refractivity contribution in [1.29, 1.82) is 0 Å². The van der Waals surface area contributed by atoms with Crippen molar-refractivity contribution in [2.24, 2.45) is 0 Å². The number of carbonyl (C=O) groups excluding carboxylic acids is 2. The normalized spacial score (nSPS) is 16.9. The van der Waals surface area contributed by atoms with Gasteiger partial charge in [0.1, 0.15) is 5.70 Å². The third kappa shape index (κ3) is 4.82. The molecule has 5 nitrogen and oxygen atoms in total. The highest BCUT2D eigenvalue weighted by Crippen LogP contribution is 2.34. The Hall–Kier alpha value is -3.08. The predicted molar refractivity (Wildman–Crippen MR) is 134 cm³/mol. The van der Waals surface area contributed by atoms with Gasteiger partial charge in [0.15, 0.2) is 0 Å². The Bertz CT molecular complexity index is 1040. The number of nitrogens with zero attached hydrogens (tertiary/aromatic N) is 3. The minimum Gasteiger partial charge on any atom is -0.368 e. The number of hydrogen-bond acceptors (Lipinski definition) is 4.